The average Bonchev–Trinajstić information content (AvgIpc) is 2.43. The predicted octanol–water partition coefficient (Wildman–Crippen LogP) is 0.780. The van der Waals surface area contributed by atoms with Crippen LogP contribution in [0.3, 0.4) is 0 Å². The first kappa shape index (κ1) is 19.7. The van der Waals surface area contributed by atoms with E-state index in [1.54, 1.807) is 4.90 Å². The summed E-state index contributed by atoms with van der Waals surface area (Å²) in [4.78, 5) is 28.2. The monoisotopic (exact) mass is 328 g/mol. The molecule has 1 rings (SSSR count). The van der Waals surface area contributed by atoms with E-state index in [-0.39, 0.29) is 30.1 Å². The van der Waals surface area contributed by atoms with E-state index in [9.17, 15) is 9.59 Å². The molecule has 0 saturated carbocycles. The van der Waals surface area contributed by atoms with E-state index < -0.39 is 5.60 Å². The Kier molecular flexibility index (Phi) is 6.83. The molecule has 134 valence electrons. The van der Waals surface area contributed by atoms with Gasteiger partial charge in [-0.15, -0.1) is 0 Å². The van der Waals surface area contributed by atoms with Crippen molar-refractivity contribution in [3.8, 4) is 0 Å². The van der Waals surface area contributed by atoms with Gasteiger partial charge < -0.3 is 20.7 Å². The van der Waals surface area contributed by atoms with Crippen molar-refractivity contribution in [3.63, 3.8) is 0 Å². The maximum atomic E-state index is 12.2. The molecule has 0 spiro atoms. The number of amides is 2. The Morgan fingerprint density at radius 3 is 2.35 bits per heavy atom. The van der Waals surface area contributed by atoms with E-state index >= 15 is 0 Å². The van der Waals surface area contributed by atoms with Crippen molar-refractivity contribution >= 4 is 12.0 Å². The van der Waals surface area contributed by atoms with Gasteiger partial charge in [0.25, 0.3) is 0 Å². The van der Waals surface area contributed by atoms with E-state index in [1.165, 1.54) is 0 Å². The summed E-state index contributed by atoms with van der Waals surface area (Å²) < 4.78 is 5.41. The van der Waals surface area contributed by atoms with Gasteiger partial charge in [-0.25, -0.2) is 4.79 Å². The molecule has 7 heteroatoms. The number of piperazine rings is 1. The molecule has 0 aromatic heterocycles. The second-order valence-electron chi connectivity index (χ2n) is 7.39. The average molecular weight is 328 g/mol. The summed E-state index contributed by atoms with van der Waals surface area (Å²) >= 11 is 0. The van der Waals surface area contributed by atoms with Crippen molar-refractivity contribution in [1.82, 2.24) is 15.1 Å². The Morgan fingerprint density at radius 1 is 1.26 bits per heavy atom. The number of nitrogens with one attached hydrogen (secondary N) is 1. The molecule has 7 nitrogen and oxygen atoms in total. The molecule has 1 fully saturated rings. The first-order chi connectivity index (χ1) is 10.5. The van der Waals surface area contributed by atoms with Crippen LogP contribution in [0.5, 0.6) is 0 Å². The third kappa shape index (κ3) is 5.99. The van der Waals surface area contributed by atoms with Crippen molar-refractivity contribution in [2.24, 2.45) is 5.73 Å². The zero-order valence-corrected chi connectivity index (χ0v) is 15.3. The lowest BCUT2D eigenvalue weighted by Crippen LogP contribution is -2.62. The van der Waals surface area contributed by atoms with Crippen LogP contribution in [0.25, 0.3) is 0 Å². The fourth-order valence-corrected chi connectivity index (χ4v) is 2.64. The van der Waals surface area contributed by atoms with Gasteiger partial charge in [0.1, 0.15) is 5.60 Å². The Bertz CT molecular complexity index is 420. The van der Waals surface area contributed by atoms with Gasteiger partial charge in [0, 0.05) is 38.3 Å². The molecule has 0 aromatic carbocycles. The van der Waals surface area contributed by atoms with Crippen LogP contribution in [-0.4, -0.2) is 71.7 Å². The summed E-state index contributed by atoms with van der Waals surface area (Å²) in [5.41, 5.74) is 5.35. The Balaban J connectivity index is 2.68. The highest BCUT2D eigenvalue weighted by molar-refractivity contribution is 5.81. The lowest BCUT2D eigenvalue weighted by molar-refractivity contribution is -0.128. The van der Waals surface area contributed by atoms with E-state index in [0.717, 1.165) is 0 Å². The smallest absolute Gasteiger partial charge is 0.410 e. The van der Waals surface area contributed by atoms with Crippen molar-refractivity contribution in [1.29, 1.82) is 0 Å². The molecular weight excluding hydrogens is 296 g/mol. The standard InChI is InChI=1S/C16H32N4O3/c1-11(2)18-14(21)12(3)20-8-7-19(10-13(20)9-17)15(22)23-16(4,5)6/h11-13H,7-10,17H2,1-6H3,(H,18,21). The second-order valence-corrected chi connectivity index (χ2v) is 7.39. The van der Waals surface area contributed by atoms with Gasteiger partial charge in [-0.05, 0) is 41.5 Å². The topological polar surface area (TPSA) is 87.9 Å². The Hall–Kier alpha value is -1.34. The zero-order valence-electron chi connectivity index (χ0n) is 15.3. The zero-order chi connectivity index (χ0) is 17.8. The number of hydrogen-bond acceptors (Lipinski definition) is 5. The molecule has 3 N–H and O–H groups in total. The summed E-state index contributed by atoms with van der Waals surface area (Å²) in [5.74, 6) is -0.0100. The van der Waals surface area contributed by atoms with Crippen LogP contribution in [0.15, 0.2) is 0 Å². The van der Waals surface area contributed by atoms with E-state index in [4.69, 9.17) is 10.5 Å². The second kappa shape index (κ2) is 7.97. The number of ether oxygens (including phenoxy) is 1. The van der Waals surface area contributed by atoms with E-state index in [0.29, 0.717) is 26.2 Å². The van der Waals surface area contributed by atoms with Gasteiger partial charge in [-0.1, -0.05) is 0 Å². The van der Waals surface area contributed by atoms with Gasteiger partial charge in [0.15, 0.2) is 0 Å². The fourth-order valence-electron chi connectivity index (χ4n) is 2.64. The van der Waals surface area contributed by atoms with Crippen LogP contribution in [0.4, 0.5) is 4.79 Å². The van der Waals surface area contributed by atoms with Crippen LogP contribution in [0.2, 0.25) is 0 Å². The molecule has 0 bridgehead atoms. The molecule has 2 unspecified atom stereocenters. The van der Waals surface area contributed by atoms with Crippen LogP contribution in [-0.2, 0) is 9.53 Å². The van der Waals surface area contributed by atoms with Crippen molar-refractivity contribution < 1.29 is 14.3 Å². The summed E-state index contributed by atoms with van der Waals surface area (Å²) in [7, 11) is 0. The minimum Gasteiger partial charge on any atom is -0.444 e. The first-order valence-electron chi connectivity index (χ1n) is 8.29. The van der Waals surface area contributed by atoms with Crippen molar-refractivity contribution in [2.75, 3.05) is 26.2 Å². The van der Waals surface area contributed by atoms with E-state index in [2.05, 4.69) is 10.2 Å². The number of carbonyl (C=O) groups excluding carboxylic acids is 2. The number of nitrogens with two attached hydrogens (primary N) is 1. The molecule has 0 aliphatic carbocycles. The SMILES string of the molecule is CC(C)NC(=O)C(C)N1CCN(C(=O)OC(C)(C)C)CC1CN. The van der Waals surface area contributed by atoms with Crippen LogP contribution < -0.4 is 11.1 Å². The molecule has 0 aromatic rings. The molecule has 1 heterocycles. The molecule has 1 aliphatic heterocycles. The van der Waals surface area contributed by atoms with Gasteiger partial charge >= 0.3 is 6.09 Å². The number of nitrogens with zero attached hydrogens (tertiary/aromatic N) is 2. The third-order valence-electron chi connectivity index (χ3n) is 3.76. The Labute approximate surface area is 139 Å². The summed E-state index contributed by atoms with van der Waals surface area (Å²) in [5, 5.41) is 2.92. The molecule has 2 amide bonds. The van der Waals surface area contributed by atoms with Crippen LogP contribution >= 0.6 is 0 Å². The van der Waals surface area contributed by atoms with Crippen molar-refractivity contribution in [3.05, 3.63) is 0 Å². The number of rotatable bonds is 4. The largest absolute Gasteiger partial charge is 0.444 e. The lowest BCUT2D eigenvalue weighted by atomic mass is 10.1. The molecule has 1 saturated heterocycles. The summed E-state index contributed by atoms with van der Waals surface area (Å²) in [6.07, 6.45) is -0.324. The number of carbonyl (C=O) groups is 2. The van der Waals surface area contributed by atoms with Gasteiger partial charge in [-0.3, -0.25) is 9.69 Å². The normalized spacial score (nSPS) is 21.2. The maximum Gasteiger partial charge on any atom is 0.410 e. The van der Waals surface area contributed by atoms with E-state index in [1.807, 2.05) is 41.5 Å². The minimum atomic E-state index is -0.517. The number of hydrogen-bond donors (Lipinski definition) is 2. The summed E-state index contributed by atoms with van der Waals surface area (Å²) in [6.45, 7) is 13.3. The highest BCUT2D eigenvalue weighted by atomic mass is 16.6. The Morgan fingerprint density at radius 2 is 1.87 bits per heavy atom. The molecule has 1 aliphatic rings. The van der Waals surface area contributed by atoms with Gasteiger partial charge in [-0.2, -0.15) is 0 Å². The molecular formula is C16H32N4O3. The quantitative estimate of drug-likeness (QED) is 0.796. The maximum absolute atomic E-state index is 12.2. The summed E-state index contributed by atoms with van der Waals surface area (Å²) in [6, 6.07) is -0.222. The van der Waals surface area contributed by atoms with Crippen LogP contribution in [0.1, 0.15) is 41.5 Å². The molecule has 0 radical (unpaired) electrons. The lowest BCUT2D eigenvalue weighted by Gasteiger charge is -2.43. The fraction of sp³-hybridized carbons (Fsp3) is 0.875. The third-order valence-corrected chi connectivity index (χ3v) is 3.76. The van der Waals surface area contributed by atoms with Crippen LogP contribution in [0, 0.1) is 0 Å². The van der Waals surface area contributed by atoms with Gasteiger partial charge in [0.2, 0.25) is 5.91 Å². The van der Waals surface area contributed by atoms with Crippen molar-refractivity contribution in [2.45, 2.75) is 65.3 Å². The molecule has 23 heavy (non-hydrogen) atoms. The van der Waals surface area contributed by atoms with Gasteiger partial charge in [0.05, 0.1) is 6.04 Å². The highest BCUT2D eigenvalue weighted by Gasteiger charge is 2.35. The minimum absolute atomic E-state index is 0.0100. The predicted molar refractivity (Wildman–Crippen MR) is 90.1 cm³/mol. The molecule has 2 atom stereocenters. The first-order valence-corrected chi connectivity index (χ1v) is 8.29. The highest BCUT2D eigenvalue weighted by Crippen LogP contribution is 2.16.